The van der Waals surface area contributed by atoms with Gasteiger partial charge in [0.25, 0.3) is 0 Å². The number of unbranched alkanes of at least 4 members (excludes halogenated alkanes) is 3. The number of hydrogen-bond donors (Lipinski definition) is 0. The molecule has 4 aromatic rings. The van der Waals surface area contributed by atoms with Crippen LogP contribution in [0.1, 0.15) is 38.5 Å². The van der Waals surface area contributed by atoms with Gasteiger partial charge in [-0.15, -0.1) is 0 Å². The van der Waals surface area contributed by atoms with Gasteiger partial charge in [-0.1, -0.05) is 17.6 Å². The highest BCUT2D eigenvalue weighted by Gasteiger charge is 2.15. The molecule has 9 nitrogen and oxygen atoms in total. The zero-order valence-corrected chi connectivity index (χ0v) is 25.2. The molecule has 0 spiro atoms. The second kappa shape index (κ2) is 14.5. The van der Waals surface area contributed by atoms with Crippen LogP contribution in [0, 0.1) is 0 Å². The molecule has 3 heterocycles. The van der Waals surface area contributed by atoms with Crippen LogP contribution >= 0.6 is 0 Å². The second-order valence-corrected chi connectivity index (χ2v) is 11.1. The average Bonchev–Trinajstić information content (AvgIpc) is 3.68. The standard InChI is InChI=1S/C33H43N9/c1-38(2)30-17-13-28(14-18-30)34-36-32-12-6-9-24-41(32)23-7-4-5-8-25-42-27-26-39(3)33(42)37-35-29-15-19-31(20-16-29)40-21-10-11-22-40/h6,9,12-20,24,26-27H,4-5,7-8,10-11,21-23,25H2,1-3H3/q+2. The quantitative estimate of drug-likeness (QED) is 0.0966. The number of nitrogens with zero attached hydrogens (tertiary/aromatic N) is 9. The normalized spacial score (nSPS) is 13.5. The summed E-state index contributed by atoms with van der Waals surface area (Å²) in [6.07, 6.45) is 13.3. The zero-order valence-electron chi connectivity index (χ0n) is 25.2. The maximum absolute atomic E-state index is 4.59. The van der Waals surface area contributed by atoms with Crippen LogP contribution in [0.4, 0.5) is 34.5 Å². The van der Waals surface area contributed by atoms with Crippen LogP contribution in [0.3, 0.4) is 0 Å². The summed E-state index contributed by atoms with van der Waals surface area (Å²) < 4.78 is 6.40. The SMILES string of the molecule is CN(C)c1ccc(N=Nc2cccc[n+]2CCCCCC[n+]2ccn(C)c2N=Nc2ccc(N3CCCC3)cc2)cc1. The second-order valence-electron chi connectivity index (χ2n) is 11.1. The summed E-state index contributed by atoms with van der Waals surface area (Å²) in [5, 5.41) is 18.1. The first-order valence-corrected chi connectivity index (χ1v) is 15.1. The summed E-state index contributed by atoms with van der Waals surface area (Å²) in [5.41, 5.74) is 4.15. The molecule has 1 aliphatic rings. The fraction of sp³-hybridized carbons (Fsp3) is 0.394. The lowest BCUT2D eigenvalue weighted by Crippen LogP contribution is -2.33. The first kappa shape index (κ1) is 29.1. The summed E-state index contributed by atoms with van der Waals surface area (Å²) in [7, 11) is 6.08. The molecule has 0 aliphatic carbocycles. The molecular formula is C33H43N9+2. The van der Waals surface area contributed by atoms with Crippen molar-refractivity contribution in [2.45, 2.75) is 51.6 Å². The molecule has 0 radical (unpaired) electrons. The monoisotopic (exact) mass is 565 g/mol. The zero-order chi connectivity index (χ0) is 29.1. The van der Waals surface area contributed by atoms with Gasteiger partial charge in [-0.2, -0.15) is 0 Å². The fourth-order valence-electron chi connectivity index (χ4n) is 5.22. The van der Waals surface area contributed by atoms with Gasteiger partial charge in [0.15, 0.2) is 0 Å². The van der Waals surface area contributed by atoms with Gasteiger partial charge in [-0.05, 0) is 91.8 Å². The molecule has 9 heteroatoms. The molecular weight excluding hydrogens is 522 g/mol. The van der Waals surface area contributed by atoms with Crippen molar-refractivity contribution < 1.29 is 9.13 Å². The summed E-state index contributed by atoms with van der Waals surface area (Å²) >= 11 is 0. The van der Waals surface area contributed by atoms with E-state index < -0.39 is 0 Å². The minimum absolute atomic E-state index is 0.851. The first-order valence-electron chi connectivity index (χ1n) is 15.1. The molecule has 0 atom stereocenters. The Hall–Kier alpha value is -4.40. The summed E-state index contributed by atoms with van der Waals surface area (Å²) in [4.78, 5) is 4.51. The van der Waals surface area contributed by atoms with E-state index in [-0.39, 0.29) is 0 Å². The Bertz CT molecular complexity index is 1460. The number of azo groups is 2. The van der Waals surface area contributed by atoms with Crippen LogP contribution in [0.15, 0.2) is 106 Å². The number of hydrogen-bond acceptors (Lipinski definition) is 6. The molecule has 0 saturated carbocycles. The summed E-state index contributed by atoms with van der Waals surface area (Å²) in [5.74, 6) is 1.74. The molecule has 0 unspecified atom stereocenters. The highest BCUT2D eigenvalue weighted by atomic mass is 15.3. The van der Waals surface area contributed by atoms with Crippen LogP contribution in [0.5, 0.6) is 0 Å². The Morgan fingerprint density at radius 2 is 1.33 bits per heavy atom. The number of rotatable bonds is 13. The van der Waals surface area contributed by atoms with E-state index in [0.717, 1.165) is 80.7 Å². The van der Waals surface area contributed by atoms with Crippen molar-refractivity contribution in [1.82, 2.24) is 4.57 Å². The van der Waals surface area contributed by atoms with Crippen molar-refractivity contribution in [1.29, 1.82) is 0 Å². The highest BCUT2D eigenvalue weighted by molar-refractivity contribution is 5.53. The van der Waals surface area contributed by atoms with Crippen molar-refractivity contribution >= 4 is 34.5 Å². The topological polar surface area (TPSA) is 68.6 Å². The summed E-state index contributed by atoms with van der Waals surface area (Å²) in [6.45, 7) is 4.14. The Morgan fingerprint density at radius 3 is 2.02 bits per heavy atom. The van der Waals surface area contributed by atoms with Gasteiger partial charge >= 0.3 is 11.8 Å². The largest absolute Gasteiger partial charge is 0.421 e. The van der Waals surface area contributed by atoms with Crippen LogP contribution in [0.25, 0.3) is 0 Å². The van der Waals surface area contributed by atoms with Crippen LogP contribution in [0.2, 0.25) is 0 Å². The van der Waals surface area contributed by atoms with Crippen molar-refractivity contribution in [2.24, 2.45) is 27.5 Å². The van der Waals surface area contributed by atoms with Crippen LogP contribution in [-0.2, 0) is 20.1 Å². The van der Waals surface area contributed by atoms with E-state index in [0.29, 0.717) is 0 Å². The van der Waals surface area contributed by atoms with Gasteiger partial charge in [0.1, 0.15) is 11.4 Å². The van der Waals surface area contributed by atoms with Gasteiger partial charge in [-0.3, -0.25) is 0 Å². The third-order valence-corrected chi connectivity index (χ3v) is 7.72. The summed E-state index contributed by atoms with van der Waals surface area (Å²) in [6, 6.07) is 22.6. The van der Waals surface area contributed by atoms with Gasteiger partial charge in [-0.25, -0.2) is 13.7 Å². The van der Waals surface area contributed by atoms with E-state index in [1.165, 1.54) is 18.5 Å². The molecule has 42 heavy (non-hydrogen) atoms. The van der Waals surface area contributed by atoms with E-state index in [9.17, 15) is 0 Å². The number of aromatic nitrogens is 3. The third kappa shape index (κ3) is 7.87. The maximum atomic E-state index is 4.59. The predicted octanol–water partition coefficient (Wildman–Crippen LogP) is 7.36. The van der Waals surface area contributed by atoms with E-state index in [2.05, 4.69) is 94.2 Å². The lowest BCUT2D eigenvalue weighted by Gasteiger charge is -2.16. The Kier molecular flexibility index (Phi) is 10.0. The molecule has 1 fully saturated rings. The highest BCUT2D eigenvalue weighted by Crippen LogP contribution is 2.24. The van der Waals surface area contributed by atoms with E-state index in [1.807, 2.05) is 56.2 Å². The minimum atomic E-state index is 0.851. The smallest absolute Gasteiger partial charge is 0.378 e. The molecule has 2 aromatic heterocycles. The molecule has 0 amide bonds. The minimum Gasteiger partial charge on any atom is -0.378 e. The van der Waals surface area contributed by atoms with Gasteiger partial charge < -0.3 is 9.80 Å². The molecule has 5 rings (SSSR count). The predicted molar refractivity (Wildman–Crippen MR) is 168 cm³/mol. The lowest BCUT2D eigenvalue weighted by atomic mass is 10.2. The number of pyridine rings is 1. The van der Waals surface area contributed by atoms with E-state index in [4.69, 9.17) is 0 Å². The van der Waals surface area contributed by atoms with Crippen LogP contribution in [-0.4, -0.2) is 31.8 Å². The van der Waals surface area contributed by atoms with Crippen molar-refractivity contribution in [2.75, 3.05) is 37.0 Å². The number of imidazole rings is 1. The molecule has 0 bridgehead atoms. The maximum Gasteiger partial charge on any atom is 0.421 e. The van der Waals surface area contributed by atoms with Crippen molar-refractivity contribution in [3.63, 3.8) is 0 Å². The molecule has 218 valence electrons. The molecule has 1 aliphatic heterocycles. The molecule has 0 N–H and O–H groups in total. The lowest BCUT2D eigenvalue weighted by molar-refractivity contribution is -0.686. The van der Waals surface area contributed by atoms with E-state index >= 15 is 0 Å². The molecule has 2 aromatic carbocycles. The number of benzene rings is 2. The first-order chi connectivity index (χ1) is 20.6. The Morgan fingerprint density at radius 1 is 0.690 bits per heavy atom. The van der Waals surface area contributed by atoms with Crippen LogP contribution < -0.4 is 18.9 Å². The number of anilines is 2. The van der Waals surface area contributed by atoms with Gasteiger partial charge in [0, 0.05) is 49.7 Å². The Labute approximate surface area is 249 Å². The van der Waals surface area contributed by atoms with E-state index in [1.54, 1.807) is 0 Å². The van der Waals surface area contributed by atoms with Gasteiger partial charge in [0.2, 0.25) is 0 Å². The number of aryl methyl sites for hydroxylation is 3. The molecule has 1 saturated heterocycles. The van der Waals surface area contributed by atoms with Crippen molar-refractivity contribution in [3.8, 4) is 0 Å². The average molecular weight is 566 g/mol. The third-order valence-electron chi connectivity index (χ3n) is 7.72. The van der Waals surface area contributed by atoms with Crippen molar-refractivity contribution in [3.05, 3.63) is 85.3 Å². The Balaban J connectivity index is 1.07. The fourth-order valence-corrected chi connectivity index (χ4v) is 5.22. The van der Waals surface area contributed by atoms with Gasteiger partial charge in [0.05, 0.1) is 43.8 Å².